The Kier molecular flexibility index (Phi) is 6.36. The third kappa shape index (κ3) is 4.90. The van der Waals surface area contributed by atoms with Gasteiger partial charge in [-0.3, -0.25) is 9.69 Å². The van der Waals surface area contributed by atoms with Crippen LogP contribution in [-0.4, -0.2) is 55.6 Å². The number of carbonyl (C=O) groups excluding carboxylic acids is 1. The van der Waals surface area contributed by atoms with E-state index in [1.807, 2.05) is 41.3 Å². The zero-order valence-corrected chi connectivity index (χ0v) is 15.6. The first-order valence-electron chi connectivity index (χ1n) is 8.66. The Labute approximate surface area is 159 Å². The maximum atomic E-state index is 12.4. The Morgan fingerprint density at radius 1 is 1.04 bits per heavy atom. The standard InChI is InChI=1S/C20H23ClN2O3/c1-25-18-7-2-3-8-19(18)26-15-20(24)23-11-9-22(10-12-23)14-16-5-4-6-17(21)13-16/h2-8,13H,9-12,14-15H2,1H3. The minimum Gasteiger partial charge on any atom is -0.493 e. The largest absolute Gasteiger partial charge is 0.493 e. The van der Waals surface area contributed by atoms with Crippen molar-refractivity contribution in [2.75, 3.05) is 39.9 Å². The molecule has 26 heavy (non-hydrogen) atoms. The smallest absolute Gasteiger partial charge is 0.260 e. The quantitative estimate of drug-likeness (QED) is 0.779. The molecule has 0 aromatic heterocycles. The highest BCUT2D eigenvalue weighted by Gasteiger charge is 2.21. The van der Waals surface area contributed by atoms with Gasteiger partial charge in [0.05, 0.1) is 7.11 Å². The summed E-state index contributed by atoms with van der Waals surface area (Å²) in [4.78, 5) is 16.6. The summed E-state index contributed by atoms with van der Waals surface area (Å²) in [6, 6.07) is 15.2. The summed E-state index contributed by atoms with van der Waals surface area (Å²) in [7, 11) is 1.59. The van der Waals surface area contributed by atoms with Crippen LogP contribution in [0.2, 0.25) is 5.02 Å². The second-order valence-electron chi connectivity index (χ2n) is 6.23. The topological polar surface area (TPSA) is 42.0 Å². The van der Waals surface area contributed by atoms with E-state index in [4.69, 9.17) is 21.1 Å². The van der Waals surface area contributed by atoms with E-state index in [1.165, 1.54) is 5.56 Å². The van der Waals surface area contributed by atoms with Crippen molar-refractivity contribution in [3.05, 3.63) is 59.1 Å². The van der Waals surface area contributed by atoms with Crippen molar-refractivity contribution < 1.29 is 14.3 Å². The fraction of sp³-hybridized carbons (Fsp3) is 0.350. The number of nitrogens with zero attached hydrogens (tertiary/aromatic N) is 2. The van der Waals surface area contributed by atoms with Gasteiger partial charge in [0.15, 0.2) is 18.1 Å². The van der Waals surface area contributed by atoms with Gasteiger partial charge in [-0.25, -0.2) is 0 Å². The predicted octanol–water partition coefficient (Wildman–Crippen LogP) is 3.07. The van der Waals surface area contributed by atoms with Crippen molar-refractivity contribution in [1.29, 1.82) is 0 Å². The zero-order valence-electron chi connectivity index (χ0n) is 14.9. The van der Waals surface area contributed by atoms with E-state index < -0.39 is 0 Å². The molecular formula is C20H23ClN2O3. The minimum absolute atomic E-state index is 0.00156. The first-order valence-corrected chi connectivity index (χ1v) is 9.04. The van der Waals surface area contributed by atoms with E-state index in [1.54, 1.807) is 13.2 Å². The van der Waals surface area contributed by atoms with E-state index in [2.05, 4.69) is 11.0 Å². The highest BCUT2D eigenvalue weighted by Crippen LogP contribution is 2.25. The van der Waals surface area contributed by atoms with Crippen LogP contribution in [0.3, 0.4) is 0 Å². The maximum Gasteiger partial charge on any atom is 0.260 e. The van der Waals surface area contributed by atoms with Crippen LogP contribution in [-0.2, 0) is 11.3 Å². The van der Waals surface area contributed by atoms with Gasteiger partial charge in [0.25, 0.3) is 5.91 Å². The van der Waals surface area contributed by atoms with Gasteiger partial charge in [-0.05, 0) is 29.8 Å². The Morgan fingerprint density at radius 3 is 2.46 bits per heavy atom. The molecule has 2 aromatic rings. The van der Waals surface area contributed by atoms with E-state index in [-0.39, 0.29) is 12.5 Å². The summed E-state index contributed by atoms with van der Waals surface area (Å²) >= 11 is 6.04. The summed E-state index contributed by atoms with van der Waals surface area (Å²) < 4.78 is 10.9. The first-order chi connectivity index (χ1) is 12.7. The van der Waals surface area contributed by atoms with E-state index in [0.717, 1.165) is 24.7 Å². The van der Waals surface area contributed by atoms with Crippen LogP contribution >= 0.6 is 11.6 Å². The van der Waals surface area contributed by atoms with Crippen molar-refractivity contribution in [3.8, 4) is 11.5 Å². The number of hydrogen-bond donors (Lipinski definition) is 0. The third-order valence-corrected chi connectivity index (χ3v) is 4.68. The number of amides is 1. The molecule has 0 spiro atoms. The van der Waals surface area contributed by atoms with Gasteiger partial charge in [-0.1, -0.05) is 35.9 Å². The third-order valence-electron chi connectivity index (χ3n) is 4.44. The second-order valence-corrected chi connectivity index (χ2v) is 6.66. The van der Waals surface area contributed by atoms with Gasteiger partial charge in [0, 0.05) is 37.7 Å². The average Bonchev–Trinajstić information content (AvgIpc) is 2.67. The molecule has 2 aromatic carbocycles. The van der Waals surface area contributed by atoms with Gasteiger partial charge >= 0.3 is 0 Å². The molecule has 0 aliphatic carbocycles. The first kappa shape index (κ1) is 18.5. The molecular weight excluding hydrogens is 352 g/mol. The number of piperazine rings is 1. The lowest BCUT2D eigenvalue weighted by Gasteiger charge is -2.34. The molecule has 1 amide bonds. The molecule has 1 aliphatic rings. The number of halogens is 1. The van der Waals surface area contributed by atoms with Gasteiger partial charge in [0.2, 0.25) is 0 Å². The number of methoxy groups -OCH3 is 1. The van der Waals surface area contributed by atoms with Crippen molar-refractivity contribution in [2.45, 2.75) is 6.54 Å². The van der Waals surface area contributed by atoms with Gasteiger partial charge in [-0.15, -0.1) is 0 Å². The lowest BCUT2D eigenvalue weighted by molar-refractivity contribution is -0.135. The minimum atomic E-state index is -0.00156. The normalized spacial score (nSPS) is 14.9. The molecule has 6 heteroatoms. The number of para-hydroxylation sites is 2. The van der Waals surface area contributed by atoms with Crippen molar-refractivity contribution >= 4 is 17.5 Å². The molecule has 138 valence electrons. The summed E-state index contributed by atoms with van der Waals surface area (Å²) in [5.41, 5.74) is 1.19. The molecule has 0 atom stereocenters. The van der Waals surface area contributed by atoms with Crippen LogP contribution in [0, 0.1) is 0 Å². The Morgan fingerprint density at radius 2 is 1.77 bits per heavy atom. The maximum absolute atomic E-state index is 12.4. The molecule has 1 fully saturated rings. The molecule has 1 saturated heterocycles. The van der Waals surface area contributed by atoms with Crippen LogP contribution in [0.25, 0.3) is 0 Å². The summed E-state index contributed by atoms with van der Waals surface area (Å²) in [6.07, 6.45) is 0. The van der Waals surface area contributed by atoms with E-state index in [0.29, 0.717) is 24.6 Å². The predicted molar refractivity (Wildman–Crippen MR) is 102 cm³/mol. The fourth-order valence-electron chi connectivity index (χ4n) is 3.02. The number of benzene rings is 2. The second kappa shape index (κ2) is 8.92. The lowest BCUT2D eigenvalue weighted by atomic mass is 10.2. The molecule has 0 unspecified atom stereocenters. The van der Waals surface area contributed by atoms with Crippen LogP contribution in [0.1, 0.15) is 5.56 Å². The SMILES string of the molecule is COc1ccccc1OCC(=O)N1CCN(Cc2cccc(Cl)c2)CC1. The van der Waals surface area contributed by atoms with Gasteiger partial charge in [0.1, 0.15) is 0 Å². The van der Waals surface area contributed by atoms with Crippen molar-refractivity contribution in [1.82, 2.24) is 9.80 Å². The van der Waals surface area contributed by atoms with E-state index >= 15 is 0 Å². The Balaban J connectivity index is 1.46. The van der Waals surface area contributed by atoms with Gasteiger partial charge < -0.3 is 14.4 Å². The number of carbonyl (C=O) groups is 1. The van der Waals surface area contributed by atoms with Crippen LogP contribution in [0.4, 0.5) is 0 Å². The molecule has 0 radical (unpaired) electrons. The number of rotatable bonds is 6. The van der Waals surface area contributed by atoms with Crippen LogP contribution in [0.5, 0.6) is 11.5 Å². The van der Waals surface area contributed by atoms with Gasteiger partial charge in [-0.2, -0.15) is 0 Å². The van der Waals surface area contributed by atoms with Crippen LogP contribution in [0.15, 0.2) is 48.5 Å². The van der Waals surface area contributed by atoms with Crippen molar-refractivity contribution in [3.63, 3.8) is 0 Å². The zero-order chi connectivity index (χ0) is 18.4. The lowest BCUT2D eigenvalue weighted by Crippen LogP contribution is -2.49. The van der Waals surface area contributed by atoms with E-state index in [9.17, 15) is 4.79 Å². The summed E-state index contributed by atoms with van der Waals surface area (Å²) in [5.74, 6) is 1.22. The molecule has 3 rings (SSSR count). The number of ether oxygens (including phenoxy) is 2. The summed E-state index contributed by atoms with van der Waals surface area (Å²) in [5, 5.41) is 0.754. The molecule has 0 N–H and O–H groups in total. The highest BCUT2D eigenvalue weighted by molar-refractivity contribution is 6.30. The fourth-order valence-corrected chi connectivity index (χ4v) is 3.23. The molecule has 0 bridgehead atoms. The average molecular weight is 375 g/mol. The number of hydrogen-bond acceptors (Lipinski definition) is 4. The molecule has 1 heterocycles. The summed E-state index contributed by atoms with van der Waals surface area (Å²) in [6.45, 7) is 3.96. The molecule has 0 saturated carbocycles. The Bertz CT molecular complexity index is 745. The molecule has 1 aliphatic heterocycles. The Hall–Kier alpha value is -2.24. The highest BCUT2D eigenvalue weighted by atomic mass is 35.5. The van der Waals surface area contributed by atoms with Crippen molar-refractivity contribution in [2.24, 2.45) is 0 Å². The van der Waals surface area contributed by atoms with Crippen LogP contribution < -0.4 is 9.47 Å². The monoisotopic (exact) mass is 374 g/mol. The molecule has 5 nitrogen and oxygen atoms in total.